The molecule has 3 nitrogen and oxygen atoms in total. The number of carbonyl (C=O) groups is 1. The lowest BCUT2D eigenvalue weighted by Gasteiger charge is -2.17. The SMILES string of the molecule is COc1ccc(NC(=O)C(C)SC(C)c2ccccc2)cc1. The average molecular weight is 315 g/mol. The third-order valence-electron chi connectivity index (χ3n) is 3.40. The summed E-state index contributed by atoms with van der Waals surface area (Å²) < 4.78 is 5.11. The Balaban J connectivity index is 1.91. The third kappa shape index (κ3) is 4.53. The van der Waals surface area contributed by atoms with E-state index in [0.29, 0.717) is 0 Å². The number of methoxy groups -OCH3 is 1. The van der Waals surface area contributed by atoms with Crippen LogP contribution in [-0.4, -0.2) is 18.3 Å². The number of rotatable bonds is 6. The molecular weight excluding hydrogens is 294 g/mol. The molecule has 1 amide bonds. The second kappa shape index (κ2) is 7.90. The minimum Gasteiger partial charge on any atom is -0.497 e. The van der Waals surface area contributed by atoms with Crippen molar-refractivity contribution in [3.8, 4) is 5.75 Å². The zero-order valence-electron chi connectivity index (χ0n) is 13.1. The first-order chi connectivity index (χ1) is 10.6. The molecule has 0 aliphatic carbocycles. The molecule has 1 N–H and O–H groups in total. The van der Waals surface area contributed by atoms with E-state index in [0.717, 1.165) is 11.4 Å². The van der Waals surface area contributed by atoms with Crippen LogP contribution in [0.25, 0.3) is 0 Å². The maximum absolute atomic E-state index is 12.3. The lowest BCUT2D eigenvalue weighted by molar-refractivity contribution is -0.115. The van der Waals surface area contributed by atoms with Gasteiger partial charge in [0, 0.05) is 10.9 Å². The molecule has 2 rings (SSSR count). The first-order valence-electron chi connectivity index (χ1n) is 7.25. The highest BCUT2D eigenvalue weighted by atomic mass is 32.2. The molecule has 2 aromatic carbocycles. The Morgan fingerprint density at radius 3 is 2.27 bits per heavy atom. The first kappa shape index (κ1) is 16.4. The van der Waals surface area contributed by atoms with Gasteiger partial charge < -0.3 is 10.1 Å². The number of hydrogen-bond acceptors (Lipinski definition) is 3. The molecule has 2 atom stereocenters. The smallest absolute Gasteiger partial charge is 0.237 e. The summed E-state index contributed by atoms with van der Waals surface area (Å²) in [7, 11) is 1.62. The van der Waals surface area contributed by atoms with Gasteiger partial charge in [0.2, 0.25) is 5.91 Å². The first-order valence-corrected chi connectivity index (χ1v) is 8.19. The Kier molecular flexibility index (Phi) is 5.90. The van der Waals surface area contributed by atoms with Crippen LogP contribution in [0.4, 0.5) is 5.69 Å². The largest absolute Gasteiger partial charge is 0.497 e. The summed E-state index contributed by atoms with van der Waals surface area (Å²) in [5.41, 5.74) is 2.02. The fraction of sp³-hybridized carbons (Fsp3) is 0.278. The second-order valence-electron chi connectivity index (χ2n) is 5.05. The number of thioether (sulfide) groups is 1. The van der Waals surface area contributed by atoms with Crippen molar-refractivity contribution in [2.24, 2.45) is 0 Å². The number of amides is 1. The molecular formula is C18H21NO2S. The van der Waals surface area contributed by atoms with Crippen LogP contribution >= 0.6 is 11.8 Å². The van der Waals surface area contributed by atoms with E-state index in [1.807, 2.05) is 49.4 Å². The van der Waals surface area contributed by atoms with Gasteiger partial charge in [0.15, 0.2) is 0 Å². The van der Waals surface area contributed by atoms with Crippen molar-refractivity contribution in [2.75, 3.05) is 12.4 Å². The van der Waals surface area contributed by atoms with Gasteiger partial charge >= 0.3 is 0 Å². The molecule has 0 saturated carbocycles. The zero-order chi connectivity index (χ0) is 15.9. The van der Waals surface area contributed by atoms with Crippen LogP contribution in [0.15, 0.2) is 54.6 Å². The summed E-state index contributed by atoms with van der Waals surface area (Å²) in [6.45, 7) is 4.06. The highest BCUT2D eigenvalue weighted by Crippen LogP contribution is 2.32. The normalized spacial score (nSPS) is 13.2. The molecule has 0 aromatic heterocycles. The van der Waals surface area contributed by atoms with E-state index in [1.54, 1.807) is 18.9 Å². The fourth-order valence-electron chi connectivity index (χ4n) is 2.09. The number of benzene rings is 2. The molecule has 0 saturated heterocycles. The zero-order valence-corrected chi connectivity index (χ0v) is 13.9. The highest BCUT2D eigenvalue weighted by molar-refractivity contribution is 8.00. The molecule has 0 aliphatic rings. The summed E-state index contributed by atoms with van der Waals surface area (Å²) in [6, 6.07) is 17.6. The number of carbonyl (C=O) groups excluding carboxylic acids is 1. The Hall–Kier alpha value is -1.94. The molecule has 0 heterocycles. The summed E-state index contributed by atoms with van der Waals surface area (Å²) in [5, 5.41) is 3.08. The predicted octanol–water partition coefficient (Wildman–Crippen LogP) is 4.52. The van der Waals surface area contributed by atoms with E-state index in [4.69, 9.17) is 4.74 Å². The summed E-state index contributed by atoms with van der Waals surface area (Å²) >= 11 is 1.65. The Labute approximate surface area is 136 Å². The molecule has 22 heavy (non-hydrogen) atoms. The highest BCUT2D eigenvalue weighted by Gasteiger charge is 2.18. The molecule has 0 aliphatic heterocycles. The molecule has 2 unspecified atom stereocenters. The van der Waals surface area contributed by atoms with Crippen molar-refractivity contribution in [1.29, 1.82) is 0 Å². The standard InChI is InChI=1S/C18H21NO2S/c1-13(15-7-5-4-6-8-15)22-14(2)18(20)19-16-9-11-17(21-3)12-10-16/h4-14H,1-3H3,(H,19,20). The van der Waals surface area contributed by atoms with Gasteiger partial charge in [-0.05, 0) is 43.7 Å². The molecule has 116 valence electrons. The van der Waals surface area contributed by atoms with Gasteiger partial charge in [0.25, 0.3) is 0 Å². The lowest BCUT2D eigenvalue weighted by atomic mass is 10.2. The van der Waals surface area contributed by atoms with Crippen LogP contribution in [-0.2, 0) is 4.79 Å². The Morgan fingerprint density at radius 1 is 1.05 bits per heavy atom. The number of ether oxygens (including phenoxy) is 1. The topological polar surface area (TPSA) is 38.3 Å². The van der Waals surface area contributed by atoms with Gasteiger partial charge in [-0.25, -0.2) is 0 Å². The summed E-state index contributed by atoms with van der Waals surface area (Å²) in [4.78, 5) is 12.3. The van der Waals surface area contributed by atoms with Crippen LogP contribution in [0.1, 0.15) is 24.7 Å². The van der Waals surface area contributed by atoms with Crippen molar-refractivity contribution in [1.82, 2.24) is 0 Å². The minimum absolute atomic E-state index is 0.0120. The maximum atomic E-state index is 12.3. The number of nitrogens with one attached hydrogen (secondary N) is 1. The van der Waals surface area contributed by atoms with Gasteiger partial charge in [-0.1, -0.05) is 30.3 Å². The van der Waals surface area contributed by atoms with Crippen LogP contribution < -0.4 is 10.1 Å². The van der Waals surface area contributed by atoms with E-state index in [-0.39, 0.29) is 16.4 Å². The van der Waals surface area contributed by atoms with Crippen molar-refractivity contribution in [3.63, 3.8) is 0 Å². The average Bonchev–Trinajstić information content (AvgIpc) is 2.56. The quantitative estimate of drug-likeness (QED) is 0.852. The van der Waals surface area contributed by atoms with Crippen molar-refractivity contribution in [2.45, 2.75) is 24.3 Å². The third-order valence-corrected chi connectivity index (χ3v) is 4.71. The van der Waals surface area contributed by atoms with Crippen molar-refractivity contribution >= 4 is 23.4 Å². The van der Waals surface area contributed by atoms with E-state index in [9.17, 15) is 4.79 Å². The van der Waals surface area contributed by atoms with Crippen molar-refractivity contribution in [3.05, 3.63) is 60.2 Å². The molecule has 0 spiro atoms. The monoisotopic (exact) mass is 315 g/mol. The maximum Gasteiger partial charge on any atom is 0.237 e. The van der Waals surface area contributed by atoms with E-state index in [1.165, 1.54) is 5.56 Å². The summed E-state index contributed by atoms with van der Waals surface area (Å²) in [5.74, 6) is 0.788. The molecule has 0 radical (unpaired) electrons. The van der Waals surface area contributed by atoms with Gasteiger partial charge in [-0.3, -0.25) is 4.79 Å². The van der Waals surface area contributed by atoms with E-state index < -0.39 is 0 Å². The van der Waals surface area contributed by atoms with Crippen LogP contribution in [0.3, 0.4) is 0 Å². The fourth-order valence-corrected chi connectivity index (χ4v) is 3.20. The van der Waals surface area contributed by atoms with Gasteiger partial charge in [0.1, 0.15) is 5.75 Å². The summed E-state index contributed by atoms with van der Waals surface area (Å²) in [6.07, 6.45) is 0. The van der Waals surface area contributed by atoms with Gasteiger partial charge in [-0.2, -0.15) is 0 Å². The Bertz CT molecular complexity index is 598. The molecule has 2 aromatic rings. The van der Waals surface area contributed by atoms with E-state index in [2.05, 4.69) is 24.4 Å². The lowest BCUT2D eigenvalue weighted by Crippen LogP contribution is -2.23. The predicted molar refractivity (Wildman–Crippen MR) is 93.5 cm³/mol. The molecule has 0 bridgehead atoms. The van der Waals surface area contributed by atoms with Gasteiger partial charge in [0.05, 0.1) is 12.4 Å². The van der Waals surface area contributed by atoms with Crippen LogP contribution in [0, 0.1) is 0 Å². The van der Waals surface area contributed by atoms with Crippen molar-refractivity contribution < 1.29 is 9.53 Å². The second-order valence-corrected chi connectivity index (χ2v) is 6.74. The van der Waals surface area contributed by atoms with Crippen LogP contribution in [0.2, 0.25) is 0 Å². The number of anilines is 1. The Morgan fingerprint density at radius 2 is 1.68 bits per heavy atom. The minimum atomic E-state index is -0.127. The molecule has 4 heteroatoms. The van der Waals surface area contributed by atoms with Gasteiger partial charge in [-0.15, -0.1) is 11.8 Å². The number of hydrogen-bond donors (Lipinski definition) is 1. The van der Waals surface area contributed by atoms with E-state index >= 15 is 0 Å². The van der Waals surface area contributed by atoms with Crippen LogP contribution in [0.5, 0.6) is 5.75 Å². The molecule has 0 fully saturated rings.